The zero-order valence-electron chi connectivity index (χ0n) is 11.3. The van der Waals surface area contributed by atoms with E-state index < -0.39 is 0 Å². The van der Waals surface area contributed by atoms with Gasteiger partial charge < -0.3 is 4.74 Å². The van der Waals surface area contributed by atoms with E-state index in [0.29, 0.717) is 5.92 Å². The molecule has 1 aliphatic heterocycles. The Balaban J connectivity index is 1.91. The Morgan fingerprint density at radius 3 is 2.90 bits per heavy atom. The monoisotopic (exact) mass is 273 g/mol. The van der Waals surface area contributed by atoms with Crippen molar-refractivity contribution in [2.24, 2.45) is 11.8 Å². The van der Waals surface area contributed by atoms with Crippen LogP contribution < -0.4 is 11.3 Å². The molecule has 1 aliphatic rings. The van der Waals surface area contributed by atoms with E-state index in [1.807, 2.05) is 35.0 Å². The van der Waals surface area contributed by atoms with Crippen LogP contribution in [0, 0.1) is 5.92 Å². The van der Waals surface area contributed by atoms with E-state index in [4.69, 9.17) is 10.6 Å². The van der Waals surface area contributed by atoms with Crippen molar-refractivity contribution >= 4 is 0 Å². The zero-order valence-corrected chi connectivity index (χ0v) is 11.3. The van der Waals surface area contributed by atoms with Gasteiger partial charge in [-0.1, -0.05) is 23.4 Å². The lowest BCUT2D eigenvalue weighted by Crippen LogP contribution is -2.38. The maximum Gasteiger partial charge on any atom is 0.0832 e. The van der Waals surface area contributed by atoms with Gasteiger partial charge in [-0.15, -0.1) is 5.10 Å². The highest BCUT2D eigenvalue weighted by molar-refractivity contribution is 5.32. The minimum Gasteiger partial charge on any atom is -0.381 e. The quantitative estimate of drug-likeness (QED) is 0.646. The average molecular weight is 273 g/mol. The zero-order chi connectivity index (χ0) is 13.8. The average Bonchev–Trinajstić information content (AvgIpc) is 2.99. The van der Waals surface area contributed by atoms with Crippen LogP contribution in [0.1, 0.15) is 24.6 Å². The molecule has 2 heterocycles. The molecule has 2 unspecified atom stereocenters. The number of ether oxygens (including phenoxy) is 1. The molecule has 0 saturated carbocycles. The lowest BCUT2D eigenvalue weighted by Gasteiger charge is -2.29. The van der Waals surface area contributed by atoms with Crippen LogP contribution in [0.3, 0.4) is 0 Å². The summed E-state index contributed by atoms with van der Waals surface area (Å²) in [6, 6.07) is 9.94. The summed E-state index contributed by atoms with van der Waals surface area (Å²) in [6.07, 6.45) is 3.93. The SMILES string of the molecule is NNC(c1cnnn1-c1ccccc1)C1CCCOC1. The fourth-order valence-corrected chi connectivity index (χ4v) is 2.72. The maximum absolute atomic E-state index is 5.77. The maximum atomic E-state index is 5.77. The molecule has 3 rings (SSSR count). The smallest absolute Gasteiger partial charge is 0.0832 e. The van der Waals surface area contributed by atoms with E-state index >= 15 is 0 Å². The molecule has 2 aromatic rings. The Morgan fingerprint density at radius 1 is 1.35 bits per heavy atom. The van der Waals surface area contributed by atoms with Crippen molar-refractivity contribution < 1.29 is 4.74 Å². The first kappa shape index (κ1) is 13.2. The minimum atomic E-state index is -0.00879. The number of hydrogen-bond acceptors (Lipinski definition) is 5. The molecule has 0 spiro atoms. The van der Waals surface area contributed by atoms with Crippen LogP contribution in [-0.4, -0.2) is 28.2 Å². The van der Waals surface area contributed by atoms with Gasteiger partial charge in [-0.2, -0.15) is 0 Å². The summed E-state index contributed by atoms with van der Waals surface area (Å²) in [7, 11) is 0. The second-order valence-corrected chi connectivity index (χ2v) is 5.03. The van der Waals surface area contributed by atoms with Crippen LogP contribution >= 0.6 is 0 Å². The van der Waals surface area contributed by atoms with Crippen molar-refractivity contribution in [2.75, 3.05) is 13.2 Å². The van der Waals surface area contributed by atoms with Crippen LogP contribution in [0.25, 0.3) is 5.69 Å². The fraction of sp³-hybridized carbons (Fsp3) is 0.429. The third-order valence-electron chi connectivity index (χ3n) is 3.74. The van der Waals surface area contributed by atoms with E-state index in [2.05, 4.69) is 15.7 Å². The summed E-state index contributed by atoms with van der Waals surface area (Å²) in [4.78, 5) is 0. The molecule has 1 fully saturated rings. The number of aromatic nitrogens is 3. The van der Waals surface area contributed by atoms with Crippen molar-refractivity contribution in [3.8, 4) is 5.69 Å². The third-order valence-corrected chi connectivity index (χ3v) is 3.74. The van der Waals surface area contributed by atoms with Gasteiger partial charge in [0.15, 0.2) is 0 Å². The van der Waals surface area contributed by atoms with Gasteiger partial charge in [-0.05, 0) is 25.0 Å². The summed E-state index contributed by atoms with van der Waals surface area (Å²) in [6.45, 7) is 1.55. The van der Waals surface area contributed by atoms with Gasteiger partial charge in [0.05, 0.1) is 30.2 Å². The summed E-state index contributed by atoms with van der Waals surface area (Å²) >= 11 is 0. The van der Waals surface area contributed by atoms with E-state index in [-0.39, 0.29) is 6.04 Å². The Labute approximate surface area is 117 Å². The fourth-order valence-electron chi connectivity index (χ4n) is 2.72. The lowest BCUT2D eigenvalue weighted by molar-refractivity contribution is 0.0380. The van der Waals surface area contributed by atoms with E-state index in [1.165, 1.54) is 0 Å². The van der Waals surface area contributed by atoms with Gasteiger partial charge in [-0.3, -0.25) is 11.3 Å². The summed E-state index contributed by atoms with van der Waals surface area (Å²) in [5.74, 6) is 6.11. The molecule has 6 heteroatoms. The number of nitrogens with two attached hydrogens (primary N) is 1. The molecule has 1 saturated heterocycles. The Hall–Kier alpha value is -1.76. The normalized spacial score (nSPS) is 20.8. The molecule has 3 N–H and O–H groups in total. The van der Waals surface area contributed by atoms with Crippen LogP contribution in [0.2, 0.25) is 0 Å². The molecule has 0 aliphatic carbocycles. The number of para-hydroxylation sites is 1. The van der Waals surface area contributed by atoms with Crippen molar-refractivity contribution in [3.63, 3.8) is 0 Å². The number of hydrazine groups is 1. The largest absolute Gasteiger partial charge is 0.381 e. The van der Waals surface area contributed by atoms with Crippen molar-refractivity contribution in [3.05, 3.63) is 42.2 Å². The highest BCUT2D eigenvalue weighted by Crippen LogP contribution is 2.28. The highest BCUT2D eigenvalue weighted by atomic mass is 16.5. The molecule has 1 aromatic carbocycles. The molecule has 0 radical (unpaired) electrons. The van der Waals surface area contributed by atoms with Gasteiger partial charge >= 0.3 is 0 Å². The second kappa shape index (κ2) is 6.13. The minimum absolute atomic E-state index is 0.00879. The molecule has 0 amide bonds. The number of nitrogens with one attached hydrogen (secondary N) is 1. The van der Waals surface area contributed by atoms with Gasteiger partial charge in [0.2, 0.25) is 0 Å². The molecule has 1 aromatic heterocycles. The lowest BCUT2D eigenvalue weighted by atomic mass is 9.92. The number of nitrogens with zero attached hydrogens (tertiary/aromatic N) is 3. The number of hydrogen-bond donors (Lipinski definition) is 2. The van der Waals surface area contributed by atoms with E-state index in [0.717, 1.165) is 37.4 Å². The molecule has 2 atom stereocenters. The van der Waals surface area contributed by atoms with Crippen LogP contribution in [0.4, 0.5) is 0 Å². The van der Waals surface area contributed by atoms with Crippen molar-refractivity contribution in [1.29, 1.82) is 0 Å². The van der Waals surface area contributed by atoms with Crippen molar-refractivity contribution in [2.45, 2.75) is 18.9 Å². The Morgan fingerprint density at radius 2 is 2.20 bits per heavy atom. The summed E-state index contributed by atoms with van der Waals surface area (Å²) in [5.41, 5.74) is 4.85. The summed E-state index contributed by atoms with van der Waals surface area (Å²) in [5, 5.41) is 8.22. The predicted octanol–water partition coefficient (Wildman–Crippen LogP) is 1.20. The molecule has 0 bridgehead atoms. The Kier molecular flexibility index (Phi) is 4.05. The summed E-state index contributed by atoms with van der Waals surface area (Å²) < 4.78 is 7.40. The van der Waals surface area contributed by atoms with Gasteiger partial charge in [0.1, 0.15) is 0 Å². The molecule has 106 valence electrons. The number of benzene rings is 1. The van der Waals surface area contributed by atoms with Gasteiger partial charge in [0.25, 0.3) is 0 Å². The third kappa shape index (κ3) is 2.58. The molecule has 20 heavy (non-hydrogen) atoms. The van der Waals surface area contributed by atoms with Gasteiger partial charge in [0, 0.05) is 12.5 Å². The van der Waals surface area contributed by atoms with Crippen LogP contribution in [-0.2, 0) is 4.74 Å². The standard InChI is InChI=1S/C14H19N5O/c15-17-14(11-5-4-8-20-10-11)13-9-16-18-19(13)12-6-2-1-3-7-12/h1-3,6-7,9,11,14,17H,4-5,8,10,15H2. The van der Waals surface area contributed by atoms with E-state index in [1.54, 1.807) is 6.20 Å². The van der Waals surface area contributed by atoms with Crippen molar-refractivity contribution in [1.82, 2.24) is 20.4 Å². The molecular formula is C14H19N5O. The second-order valence-electron chi connectivity index (χ2n) is 5.03. The van der Waals surface area contributed by atoms with Gasteiger partial charge in [-0.25, -0.2) is 4.68 Å². The topological polar surface area (TPSA) is 78.0 Å². The Bertz CT molecular complexity index is 536. The first-order valence-electron chi connectivity index (χ1n) is 6.90. The van der Waals surface area contributed by atoms with Crippen LogP contribution in [0.15, 0.2) is 36.5 Å². The predicted molar refractivity (Wildman–Crippen MR) is 75.0 cm³/mol. The molecule has 6 nitrogen and oxygen atoms in total. The van der Waals surface area contributed by atoms with Crippen LogP contribution in [0.5, 0.6) is 0 Å². The first-order chi connectivity index (χ1) is 9.90. The van der Waals surface area contributed by atoms with E-state index in [9.17, 15) is 0 Å². The molecular weight excluding hydrogens is 254 g/mol. The number of rotatable bonds is 4. The highest BCUT2D eigenvalue weighted by Gasteiger charge is 2.28. The first-order valence-corrected chi connectivity index (χ1v) is 6.90.